The van der Waals surface area contributed by atoms with Gasteiger partial charge in [-0.3, -0.25) is 4.98 Å². The molecule has 1 unspecified atom stereocenters. The van der Waals surface area contributed by atoms with E-state index < -0.39 is 0 Å². The third-order valence-corrected chi connectivity index (χ3v) is 1.86. The summed E-state index contributed by atoms with van der Waals surface area (Å²) in [6.45, 7) is 2.89. The molecule has 0 aromatic carbocycles. The number of hydrogen-bond acceptors (Lipinski definition) is 2. The van der Waals surface area contributed by atoms with E-state index >= 15 is 0 Å². The average molecular weight is 174 g/mol. The zero-order valence-corrected chi connectivity index (χ0v) is 7.83. The Labute approximate surface area is 79.4 Å². The van der Waals surface area contributed by atoms with E-state index in [4.69, 9.17) is 6.42 Å². The van der Waals surface area contributed by atoms with Crippen LogP contribution in [-0.4, -0.2) is 17.6 Å². The average Bonchev–Trinajstić information content (AvgIpc) is 2.19. The van der Waals surface area contributed by atoms with Gasteiger partial charge in [0, 0.05) is 18.9 Å². The Hall–Kier alpha value is -1.33. The lowest BCUT2D eigenvalue weighted by Crippen LogP contribution is -2.26. The third kappa shape index (κ3) is 3.73. The van der Waals surface area contributed by atoms with Crippen molar-refractivity contribution < 1.29 is 0 Å². The molecule has 0 fully saturated rings. The van der Waals surface area contributed by atoms with Crippen LogP contribution >= 0.6 is 0 Å². The number of hydrogen-bond donors (Lipinski definition) is 1. The highest BCUT2D eigenvalue weighted by atomic mass is 14.9. The number of nitrogens with zero attached hydrogens (tertiary/aromatic N) is 1. The fourth-order valence-corrected chi connectivity index (χ4v) is 1.04. The van der Waals surface area contributed by atoms with Crippen molar-refractivity contribution in [3.63, 3.8) is 0 Å². The molecule has 0 saturated carbocycles. The summed E-state index contributed by atoms with van der Waals surface area (Å²) >= 11 is 0. The van der Waals surface area contributed by atoms with Crippen LogP contribution in [0.3, 0.4) is 0 Å². The van der Waals surface area contributed by atoms with Gasteiger partial charge in [0.25, 0.3) is 0 Å². The second kappa shape index (κ2) is 5.34. The molecule has 1 aromatic heterocycles. The molecule has 1 atom stereocenters. The second-order valence-corrected chi connectivity index (χ2v) is 2.95. The summed E-state index contributed by atoms with van der Waals surface area (Å²) in [5.41, 5.74) is 1.28. The summed E-state index contributed by atoms with van der Waals surface area (Å²) in [7, 11) is 0. The summed E-state index contributed by atoms with van der Waals surface area (Å²) in [6.07, 6.45) is 9.83. The summed E-state index contributed by atoms with van der Waals surface area (Å²) in [4.78, 5) is 3.95. The molecule has 1 rings (SSSR count). The smallest absolute Gasteiger partial charge is 0.0658 e. The van der Waals surface area contributed by atoms with Crippen molar-refractivity contribution in [3.8, 4) is 12.3 Å². The molecule has 0 radical (unpaired) electrons. The van der Waals surface area contributed by atoms with Crippen LogP contribution in [0.5, 0.6) is 0 Å². The standard InChI is InChI=1S/C11H14N2/c1-3-10(2)13-9-6-11-4-7-12-8-5-11/h1,4-5,7-8,10,13H,6,9H2,2H3. The van der Waals surface area contributed by atoms with Crippen LogP contribution in [0, 0.1) is 12.3 Å². The monoisotopic (exact) mass is 174 g/mol. The van der Waals surface area contributed by atoms with Crippen LogP contribution in [0.15, 0.2) is 24.5 Å². The van der Waals surface area contributed by atoms with E-state index in [1.165, 1.54) is 5.56 Å². The minimum Gasteiger partial charge on any atom is -0.304 e. The van der Waals surface area contributed by atoms with Crippen molar-refractivity contribution >= 4 is 0 Å². The Morgan fingerprint density at radius 1 is 1.54 bits per heavy atom. The maximum Gasteiger partial charge on any atom is 0.0658 e. The Morgan fingerprint density at radius 3 is 2.85 bits per heavy atom. The molecule has 0 saturated heterocycles. The molecule has 0 spiro atoms. The van der Waals surface area contributed by atoms with Gasteiger partial charge in [0.2, 0.25) is 0 Å². The lowest BCUT2D eigenvalue weighted by molar-refractivity contribution is 0.646. The van der Waals surface area contributed by atoms with Gasteiger partial charge < -0.3 is 5.32 Å². The van der Waals surface area contributed by atoms with E-state index in [-0.39, 0.29) is 6.04 Å². The first kappa shape index (κ1) is 9.76. The Balaban J connectivity index is 2.25. The lowest BCUT2D eigenvalue weighted by atomic mass is 10.2. The first-order valence-corrected chi connectivity index (χ1v) is 4.41. The molecule has 13 heavy (non-hydrogen) atoms. The molecule has 0 aliphatic heterocycles. The summed E-state index contributed by atoms with van der Waals surface area (Å²) in [5.74, 6) is 2.63. The normalized spacial score (nSPS) is 12.0. The molecule has 0 aliphatic carbocycles. The molecular weight excluding hydrogens is 160 g/mol. The molecule has 1 heterocycles. The van der Waals surface area contributed by atoms with Gasteiger partial charge in [-0.2, -0.15) is 0 Å². The molecule has 0 aliphatic rings. The highest BCUT2D eigenvalue weighted by Crippen LogP contribution is 1.96. The molecule has 68 valence electrons. The van der Waals surface area contributed by atoms with Gasteiger partial charge in [0.15, 0.2) is 0 Å². The predicted octanol–water partition coefficient (Wildman–Crippen LogP) is 1.24. The molecule has 1 aromatic rings. The van der Waals surface area contributed by atoms with Gasteiger partial charge in [-0.1, -0.05) is 5.92 Å². The van der Waals surface area contributed by atoms with Gasteiger partial charge >= 0.3 is 0 Å². The fourth-order valence-electron chi connectivity index (χ4n) is 1.04. The zero-order chi connectivity index (χ0) is 9.52. The van der Waals surface area contributed by atoms with Gasteiger partial charge in [-0.15, -0.1) is 6.42 Å². The Kier molecular flexibility index (Phi) is 4.01. The maximum atomic E-state index is 5.23. The number of pyridine rings is 1. The largest absolute Gasteiger partial charge is 0.304 e. The highest BCUT2D eigenvalue weighted by Gasteiger charge is 1.95. The van der Waals surface area contributed by atoms with E-state index in [1.807, 2.05) is 19.1 Å². The van der Waals surface area contributed by atoms with Crippen LogP contribution in [0.2, 0.25) is 0 Å². The molecule has 0 bridgehead atoms. The minimum absolute atomic E-state index is 0.154. The van der Waals surface area contributed by atoms with Crippen LogP contribution < -0.4 is 5.32 Å². The number of aromatic nitrogens is 1. The van der Waals surface area contributed by atoms with Gasteiger partial charge in [-0.05, 0) is 31.0 Å². The van der Waals surface area contributed by atoms with E-state index in [1.54, 1.807) is 12.4 Å². The van der Waals surface area contributed by atoms with Crippen molar-refractivity contribution in [1.29, 1.82) is 0 Å². The maximum absolute atomic E-state index is 5.23. The number of rotatable bonds is 4. The second-order valence-electron chi connectivity index (χ2n) is 2.95. The van der Waals surface area contributed by atoms with Crippen molar-refractivity contribution in [2.75, 3.05) is 6.54 Å². The van der Waals surface area contributed by atoms with Crippen molar-refractivity contribution in [2.45, 2.75) is 19.4 Å². The Bertz CT molecular complexity index is 274. The molecular formula is C11H14N2. The molecule has 2 nitrogen and oxygen atoms in total. The minimum atomic E-state index is 0.154. The van der Waals surface area contributed by atoms with E-state index in [2.05, 4.69) is 16.2 Å². The van der Waals surface area contributed by atoms with Crippen molar-refractivity contribution in [1.82, 2.24) is 10.3 Å². The Morgan fingerprint density at radius 2 is 2.23 bits per heavy atom. The summed E-state index contributed by atoms with van der Waals surface area (Å²) < 4.78 is 0. The highest BCUT2D eigenvalue weighted by molar-refractivity contribution is 5.10. The van der Waals surface area contributed by atoms with Crippen molar-refractivity contribution in [3.05, 3.63) is 30.1 Å². The van der Waals surface area contributed by atoms with E-state index in [0.717, 1.165) is 13.0 Å². The van der Waals surface area contributed by atoms with Gasteiger partial charge in [-0.25, -0.2) is 0 Å². The van der Waals surface area contributed by atoms with Crippen LogP contribution in [0.4, 0.5) is 0 Å². The lowest BCUT2D eigenvalue weighted by Gasteiger charge is -2.06. The number of terminal acetylenes is 1. The SMILES string of the molecule is C#CC(C)NCCc1ccncc1. The van der Waals surface area contributed by atoms with Crippen molar-refractivity contribution in [2.24, 2.45) is 0 Å². The van der Waals surface area contributed by atoms with Gasteiger partial charge in [0.05, 0.1) is 6.04 Å². The van der Waals surface area contributed by atoms with E-state index in [9.17, 15) is 0 Å². The predicted molar refractivity (Wildman–Crippen MR) is 54.2 cm³/mol. The van der Waals surface area contributed by atoms with Crippen LogP contribution in [0.25, 0.3) is 0 Å². The third-order valence-electron chi connectivity index (χ3n) is 1.86. The van der Waals surface area contributed by atoms with Crippen LogP contribution in [-0.2, 0) is 6.42 Å². The number of nitrogens with one attached hydrogen (secondary N) is 1. The molecule has 0 amide bonds. The van der Waals surface area contributed by atoms with Gasteiger partial charge in [0.1, 0.15) is 0 Å². The van der Waals surface area contributed by atoms with Crippen LogP contribution in [0.1, 0.15) is 12.5 Å². The molecule has 2 heteroatoms. The first-order chi connectivity index (χ1) is 6.33. The topological polar surface area (TPSA) is 24.9 Å². The zero-order valence-electron chi connectivity index (χ0n) is 7.83. The van der Waals surface area contributed by atoms with E-state index in [0.29, 0.717) is 0 Å². The fraction of sp³-hybridized carbons (Fsp3) is 0.364. The molecule has 1 N–H and O–H groups in total. The summed E-state index contributed by atoms with van der Waals surface area (Å²) in [5, 5.41) is 3.22. The summed E-state index contributed by atoms with van der Waals surface area (Å²) in [6, 6.07) is 4.19. The first-order valence-electron chi connectivity index (χ1n) is 4.41. The quantitative estimate of drug-likeness (QED) is 0.695.